The third kappa shape index (κ3) is 4.61. The number of aliphatic hydroxyl groups is 1. The van der Waals surface area contributed by atoms with Gasteiger partial charge < -0.3 is 20.5 Å². The molecular formula is C17H19ClN2O3. The van der Waals surface area contributed by atoms with Crippen molar-refractivity contribution in [1.82, 2.24) is 0 Å². The van der Waals surface area contributed by atoms with Gasteiger partial charge in [-0.1, -0.05) is 23.7 Å². The molecule has 0 saturated carbocycles. The van der Waals surface area contributed by atoms with Gasteiger partial charge >= 0.3 is 0 Å². The van der Waals surface area contributed by atoms with E-state index in [1.165, 1.54) is 0 Å². The number of hydrogen-bond acceptors (Lipinski definition) is 4. The molecule has 1 amide bonds. The van der Waals surface area contributed by atoms with Crippen LogP contribution >= 0.6 is 11.6 Å². The fraction of sp³-hybridized carbons (Fsp3) is 0.235. The molecule has 0 aromatic heterocycles. The molecule has 2 rings (SSSR count). The Hall–Kier alpha value is -2.24. The number of ether oxygens (including phenoxy) is 1. The standard InChI is InChI=1S/C17H19ClN2O3/c1-11-3-6-16(23-2)15(7-11)20-17(22)9-19-14-8-12(10-21)4-5-13(14)18/h3-8,19,21H,9-10H2,1-2H3,(H,20,22). The van der Waals surface area contributed by atoms with Crippen molar-refractivity contribution in [2.24, 2.45) is 0 Å². The summed E-state index contributed by atoms with van der Waals surface area (Å²) in [7, 11) is 1.55. The van der Waals surface area contributed by atoms with Crippen LogP contribution in [0.4, 0.5) is 11.4 Å². The molecule has 0 aliphatic heterocycles. The van der Waals surface area contributed by atoms with Crippen LogP contribution in [0.25, 0.3) is 0 Å². The lowest BCUT2D eigenvalue weighted by Crippen LogP contribution is -2.22. The second-order valence-corrected chi connectivity index (χ2v) is 5.48. The maximum atomic E-state index is 12.1. The number of carbonyl (C=O) groups excluding carboxylic acids is 1. The summed E-state index contributed by atoms with van der Waals surface area (Å²) in [4.78, 5) is 12.1. The Balaban J connectivity index is 2.02. The second-order valence-electron chi connectivity index (χ2n) is 5.08. The summed E-state index contributed by atoms with van der Waals surface area (Å²) in [6, 6.07) is 10.7. The van der Waals surface area contributed by atoms with E-state index in [4.69, 9.17) is 21.4 Å². The largest absolute Gasteiger partial charge is 0.495 e. The molecule has 3 N–H and O–H groups in total. The summed E-state index contributed by atoms with van der Waals surface area (Å²) in [6.45, 7) is 1.90. The molecule has 0 bridgehead atoms. The van der Waals surface area contributed by atoms with Crippen LogP contribution < -0.4 is 15.4 Å². The molecule has 0 aliphatic rings. The van der Waals surface area contributed by atoms with Crippen molar-refractivity contribution in [2.45, 2.75) is 13.5 Å². The summed E-state index contributed by atoms with van der Waals surface area (Å²) in [6.07, 6.45) is 0. The van der Waals surface area contributed by atoms with E-state index >= 15 is 0 Å². The number of benzene rings is 2. The highest BCUT2D eigenvalue weighted by Gasteiger charge is 2.09. The number of aryl methyl sites for hydroxylation is 1. The van der Waals surface area contributed by atoms with E-state index in [1.807, 2.05) is 19.1 Å². The molecule has 0 fully saturated rings. The Morgan fingerprint density at radius 1 is 1.22 bits per heavy atom. The molecular weight excluding hydrogens is 316 g/mol. The summed E-state index contributed by atoms with van der Waals surface area (Å²) >= 11 is 6.07. The first-order chi connectivity index (χ1) is 11.0. The van der Waals surface area contributed by atoms with E-state index in [1.54, 1.807) is 31.4 Å². The second kappa shape index (κ2) is 7.85. The predicted molar refractivity (Wildman–Crippen MR) is 92.2 cm³/mol. The van der Waals surface area contributed by atoms with Crippen molar-refractivity contribution in [3.05, 3.63) is 52.5 Å². The molecule has 2 aromatic carbocycles. The van der Waals surface area contributed by atoms with Gasteiger partial charge in [0, 0.05) is 0 Å². The summed E-state index contributed by atoms with van der Waals surface area (Å²) in [5.41, 5.74) is 2.96. The molecule has 122 valence electrons. The van der Waals surface area contributed by atoms with E-state index in [0.29, 0.717) is 22.1 Å². The Morgan fingerprint density at radius 3 is 2.70 bits per heavy atom. The fourth-order valence-corrected chi connectivity index (χ4v) is 2.28. The van der Waals surface area contributed by atoms with Crippen LogP contribution in [0.5, 0.6) is 5.75 Å². The normalized spacial score (nSPS) is 10.3. The third-order valence-corrected chi connectivity index (χ3v) is 3.61. The molecule has 0 atom stereocenters. The zero-order valence-corrected chi connectivity index (χ0v) is 13.8. The predicted octanol–water partition coefficient (Wildman–Crippen LogP) is 3.20. The molecule has 5 nitrogen and oxygen atoms in total. The maximum Gasteiger partial charge on any atom is 0.243 e. The SMILES string of the molecule is COc1ccc(C)cc1NC(=O)CNc1cc(CO)ccc1Cl. The van der Waals surface area contributed by atoms with Crippen molar-refractivity contribution in [1.29, 1.82) is 0 Å². The Morgan fingerprint density at radius 2 is 2.00 bits per heavy atom. The van der Waals surface area contributed by atoms with Crippen LogP contribution in [0, 0.1) is 6.92 Å². The van der Waals surface area contributed by atoms with Gasteiger partial charge in [0.15, 0.2) is 0 Å². The van der Waals surface area contributed by atoms with Crippen molar-refractivity contribution >= 4 is 28.9 Å². The lowest BCUT2D eigenvalue weighted by Gasteiger charge is -2.13. The number of methoxy groups -OCH3 is 1. The first kappa shape index (κ1) is 17.1. The number of rotatable bonds is 6. The minimum absolute atomic E-state index is 0.0473. The quantitative estimate of drug-likeness (QED) is 0.758. The maximum absolute atomic E-state index is 12.1. The minimum Gasteiger partial charge on any atom is -0.495 e. The topological polar surface area (TPSA) is 70.6 Å². The van der Waals surface area contributed by atoms with Gasteiger partial charge in [-0.15, -0.1) is 0 Å². The number of anilines is 2. The highest BCUT2D eigenvalue weighted by atomic mass is 35.5. The number of amides is 1. The molecule has 2 aromatic rings. The Bertz CT molecular complexity index is 704. The van der Waals surface area contributed by atoms with Gasteiger partial charge in [0.25, 0.3) is 0 Å². The van der Waals surface area contributed by atoms with Crippen LogP contribution in [-0.4, -0.2) is 24.7 Å². The smallest absolute Gasteiger partial charge is 0.243 e. The first-order valence-corrected chi connectivity index (χ1v) is 7.49. The number of halogens is 1. The highest BCUT2D eigenvalue weighted by molar-refractivity contribution is 6.33. The summed E-state index contributed by atoms with van der Waals surface area (Å²) in [5.74, 6) is 0.378. The van der Waals surface area contributed by atoms with Gasteiger partial charge in [0.1, 0.15) is 5.75 Å². The van der Waals surface area contributed by atoms with Crippen molar-refractivity contribution < 1.29 is 14.6 Å². The molecule has 0 spiro atoms. The van der Waals surface area contributed by atoms with E-state index in [0.717, 1.165) is 11.1 Å². The van der Waals surface area contributed by atoms with E-state index < -0.39 is 0 Å². The zero-order valence-electron chi connectivity index (χ0n) is 13.0. The molecule has 0 heterocycles. The van der Waals surface area contributed by atoms with Gasteiger partial charge in [-0.3, -0.25) is 4.79 Å². The van der Waals surface area contributed by atoms with Crippen LogP contribution in [-0.2, 0) is 11.4 Å². The first-order valence-electron chi connectivity index (χ1n) is 7.11. The Labute approximate surface area is 140 Å². The minimum atomic E-state index is -0.223. The highest BCUT2D eigenvalue weighted by Crippen LogP contribution is 2.26. The van der Waals surface area contributed by atoms with Crippen LogP contribution in [0.3, 0.4) is 0 Å². The van der Waals surface area contributed by atoms with Crippen LogP contribution in [0.15, 0.2) is 36.4 Å². The van der Waals surface area contributed by atoms with Crippen LogP contribution in [0.1, 0.15) is 11.1 Å². The molecule has 6 heteroatoms. The summed E-state index contributed by atoms with van der Waals surface area (Å²) < 4.78 is 5.23. The van der Waals surface area contributed by atoms with Gasteiger partial charge in [-0.05, 0) is 42.3 Å². The van der Waals surface area contributed by atoms with E-state index in [-0.39, 0.29) is 19.1 Å². The van der Waals surface area contributed by atoms with Gasteiger partial charge in [-0.25, -0.2) is 0 Å². The molecule has 0 aliphatic carbocycles. The fourth-order valence-electron chi connectivity index (χ4n) is 2.10. The molecule has 23 heavy (non-hydrogen) atoms. The van der Waals surface area contributed by atoms with E-state index in [2.05, 4.69) is 10.6 Å². The third-order valence-electron chi connectivity index (χ3n) is 3.28. The van der Waals surface area contributed by atoms with Crippen molar-refractivity contribution in [3.63, 3.8) is 0 Å². The number of carbonyl (C=O) groups is 1. The van der Waals surface area contributed by atoms with Crippen LogP contribution in [0.2, 0.25) is 5.02 Å². The van der Waals surface area contributed by atoms with Crippen molar-refractivity contribution in [2.75, 3.05) is 24.3 Å². The number of nitrogens with one attached hydrogen (secondary N) is 2. The van der Waals surface area contributed by atoms with Crippen molar-refractivity contribution in [3.8, 4) is 5.75 Å². The lowest BCUT2D eigenvalue weighted by atomic mass is 10.2. The number of aliphatic hydroxyl groups excluding tert-OH is 1. The monoisotopic (exact) mass is 334 g/mol. The zero-order chi connectivity index (χ0) is 16.8. The average Bonchev–Trinajstić information content (AvgIpc) is 2.54. The van der Waals surface area contributed by atoms with Gasteiger partial charge in [0.2, 0.25) is 5.91 Å². The lowest BCUT2D eigenvalue weighted by molar-refractivity contribution is -0.114. The number of hydrogen-bond donors (Lipinski definition) is 3. The van der Waals surface area contributed by atoms with E-state index in [9.17, 15) is 4.79 Å². The molecule has 0 radical (unpaired) electrons. The average molecular weight is 335 g/mol. The summed E-state index contributed by atoms with van der Waals surface area (Å²) in [5, 5.41) is 15.4. The van der Waals surface area contributed by atoms with Gasteiger partial charge in [-0.2, -0.15) is 0 Å². The molecule has 0 saturated heterocycles. The van der Waals surface area contributed by atoms with Gasteiger partial charge in [0.05, 0.1) is 36.7 Å². The Kier molecular flexibility index (Phi) is 5.84. The molecule has 0 unspecified atom stereocenters.